The number of amides is 1. The molecule has 3 N–H and O–H groups in total. The Morgan fingerprint density at radius 2 is 1.54 bits per heavy atom. The minimum Gasteiger partial charge on any atom is -0.506 e. The Balaban J connectivity index is 1.23. The fraction of sp³-hybridized carbons (Fsp3) is 0.216. The predicted octanol–water partition coefficient (Wildman–Crippen LogP) is 7.13. The summed E-state index contributed by atoms with van der Waals surface area (Å²) in [6, 6.07) is 12.6. The van der Waals surface area contributed by atoms with Crippen molar-refractivity contribution in [2.75, 3.05) is 25.1 Å². The molecule has 0 aliphatic heterocycles. The first kappa shape index (κ1) is 40.1. The molecule has 13 nitrogen and oxygen atoms in total. The lowest BCUT2D eigenvalue weighted by molar-refractivity contribution is -0.159. The van der Waals surface area contributed by atoms with Crippen LogP contribution in [0.2, 0.25) is 20.1 Å². The molecule has 0 spiro atoms. The van der Waals surface area contributed by atoms with Crippen LogP contribution in [0.5, 0.6) is 11.5 Å². The molecule has 54 heavy (non-hydrogen) atoms. The van der Waals surface area contributed by atoms with Crippen molar-refractivity contribution < 1.29 is 53.2 Å². The van der Waals surface area contributed by atoms with Gasteiger partial charge in [0.25, 0.3) is 0 Å². The Kier molecular flexibility index (Phi) is 12.9. The second-order valence-electron chi connectivity index (χ2n) is 11.8. The first-order valence-electron chi connectivity index (χ1n) is 15.9. The lowest BCUT2D eigenvalue weighted by Crippen LogP contribution is -2.30. The molecule has 0 fully saturated rings. The molecule has 1 heterocycles. The van der Waals surface area contributed by atoms with E-state index in [-0.39, 0.29) is 74.0 Å². The number of rotatable bonds is 16. The molecule has 17 heteroatoms. The number of carbonyl (C=O) groups is 6. The number of carbonyl (C=O) groups excluding carboxylic acids is 5. The molecule has 1 aliphatic carbocycles. The molecule has 280 valence electrons. The van der Waals surface area contributed by atoms with E-state index >= 15 is 0 Å². The molecule has 0 radical (unpaired) electrons. The van der Waals surface area contributed by atoms with Crippen molar-refractivity contribution in [3.05, 3.63) is 97.6 Å². The lowest BCUT2D eigenvalue weighted by atomic mass is 9.97. The first-order chi connectivity index (χ1) is 25.7. The number of aromatic hydroxyl groups is 1. The van der Waals surface area contributed by atoms with Crippen molar-refractivity contribution in [1.82, 2.24) is 4.98 Å². The molecule has 1 atom stereocenters. The van der Waals surface area contributed by atoms with Gasteiger partial charge in [0.15, 0.2) is 11.6 Å². The summed E-state index contributed by atoms with van der Waals surface area (Å²) in [5.74, 6) is -6.36. The Hall–Kier alpha value is -5.05. The van der Waals surface area contributed by atoms with E-state index in [0.717, 1.165) is 5.56 Å². The highest BCUT2D eigenvalue weighted by molar-refractivity contribution is 6.55. The minimum absolute atomic E-state index is 0.204. The number of halogens is 4. The van der Waals surface area contributed by atoms with E-state index in [1.54, 1.807) is 30.3 Å². The number of hydrogen-bond donors (Lipinski definition) is 3. The summed E-state index contributed by atoms with van der Waals surface area (Å²) < 4.78 is 15.8. The summed E-state index contributed by atoms with van der Waals surface area (Å²) in [6.07, 6.45) is -0.243. The smallest absolute Gasteiger partial charge is 0.332 e. The molecule has 5 rings (SSSR count). The summed E-state index contributed by atoms with van der Waals surface area (Å²) in [5, 5.41) is 21.7. The molecule has 0 bridgehead atoms. The van der Waals surface area contributed by atoms with E-state index in [9.17, 15) is 33.9 Å². The summed E-state index contributed by atoms with van der Waals surface area (Å²) in [4.78, 5) is 79.9. The number of esters is 1. The number of ketones is 3. The number of anilines is 1. The maximum Gasteiger partial charge on any atom is 0.332 e. The maximum absolute atomic E-state index is 13.4. The quantitative estimate of drug-likeness (QED) is 0.0449. The topological polar surface area (TPSA) is 195 Å². The number of hydrogen-bond acceptors (Lipinski definition) is 11. The Morgan fingerprint density at radius 1 is 0.889 bits per heavy atom. The zero-order valence-corrected chi connectivity index (χ0v) is 30.9. The van der Waals surface area contributed by atoms with Crippen LogP contribution in [0.25, 0.3) is 17.0 Å². The average Bonchev–Trinajstić information content (AvgIpc) is 3.40. The fourth-order valence-electron chi connectivity index (χ4n) is 5.51. The second-order valence-corrected chi connectivity index (χ2v) is 13.4. The number of nitrogens with zero attached hydrogens (tertiary/aromatic N) is 1. The van der Waals surface area contributed by atoms with E-state index in [2.05, 4.69) is 16.9 Å². The molecule has 1 aliphatic rings. The summed E-state index contributed by atoms with van der Waals surface area (Å²) in [5.41, 5.74) is 0.563. The van der Waals surface area contributed by atoms with Crippen LogP contribution in [-0.4, -0.2) is 76.3 Å². The van der Waals surface area contributed by atoms with Gasteiger partial charge < -0.3 is 29.7 Å². The number of carboxylic acid groups (broad SMARTS) is 1. The van der Waals surface area contributed by atoms with E-state index in [1.165, 1.54) is 24.3 Å². The standard InChI is InChI=1S/C37H28Cl4N2O11/c1-2-17-3-8-21(9-4-17)53-14-22(54-27(49)16-52-15-26(47)48)13-20(44)7-10-25(46)42-19-6-5-18-11-24(45)35(43-23(18)12-19)30-36(50)28-29(37(30)51)32(39)34(41)33(40)31(28)38/h2-6,8-9,11-12,22,30,45H,1,7,10,13-16H2,(H,42,46)(H,47,48). The molecule has 0 saturated carbocycles. The fourth-order valence-corrected chi connectivity index (χ4v) is 6.55. The van der Waals surface area contributed by atoms with Gasteiger partial charge in [-0.2, -0.15) is 0 Å². The van der Waals surface area contributed by atoms with Crippen LogP contribution in [0.4, 0.5) is 5.69 Å². The Bertz CT molecular complexity index is 2160. The zero-order valence-electron chi connectivity index (χ0n) is 27.8. The number of pyridine rings is 1. The van der Waals surface area contributed by atoms with Gasteiger partial charge in [-0.1, -0.05) is 77.3 Å². The minimum atomic E-state index is -1.60. The monoisotopic (exact) mass is 816 g/mol. The van der Waals surface area contributed by atoms with E-state index in [0.29, 0.717) is 11.1 Å². The maximum atomic E-state index is 13.4. The van der Waals surface area contributed by atoms with Crippen LogP contribution >= 0.6 is 46.4 Å². The molecule has 1 unspecified atom stereocenters. The zero-order chi connectivity index (χ0) is 39.3. The third-order valence-corrected chi connectivity index (χ3v) is 9.85. The van der Waals surface area contributed by atoms with Gasteiger partial charge in [-0.05, 0) is 35.9 Å². The number of ether oxygens (including phenoxy) is 3. The highest BCUT2D eigenvalue weighted by Gasteiger charge is 2.46. The van der Waals surface area contributed by atoms with Crippen molar-refractivity contribution in [2.24, 2.45) is 0 Å². The summed E-state index contributed by atoms with van der Waals surface area (Å²) >= 11 is 24.7. The van der Waals surface area contributed by atoms with E-state index in [1.807, 2.05) is 0 Å². The largest absolute Gasteiger partial charge is 0.506 e. The average molecular weight is 818 g/mol. The van der Waals surface area contributed by atoms with Gasteiger partial charge in [0.1, 0.15) is 54.8 Å². The van der Waals surface area contributed by atoms with Gasteiger partial charge in [-0.3, -0.25) is 19.2 Å². The Morgan fingerprint density at radius 3 is 2.15 bits per heavy atom. The predicted molar refractivity (Wildman–Crippen MR) is 199 cm³/mol. The molecular formula is C37H28Cl4N2O11. The van der Waals surface area contributed by atoms with Crippen molar-refractivity contribution in [3.8, 4) is 11.5 Å². The van der Waals surface area contributed by atoms with Crippen LogP contribution in [0.1, 0.15) is 57.2 Å². The number of aliphatic carboxylic acids is 1. The molecule has 1 aromatic heterocycles. The second kappa shape index (κ2) is 17.4. The molecule has 0 saturated heterocycles. The lowest BCUT2D eigenvalue weighted by Gasteiger charge is -2.18. The molecule has 1 amide bonds. The number of nitrogens with one attached hydrogen (secondary N) is 1. The molecule has 4 aromatic rings. The van der Waals surface area contributed by atoms with Crippen LogP contribution in [0.3, 0.4) is 0 Å². The van der Waals surface area contributed by atoms with Crippen molar-refractivity contribution in [2.45, 2.75) is 31.3 Å². The van der Waals surface area contributed by atoms with Crippen LogP contribution in [0.15, 0.2) is 55.1 Å². The number of aromatic nitrogens is 1. The van der Waals surface area contributed by atoms with Gasteiger partial charge >= 0.3 is 11.9 Å². The number of carboxylic acids is 1. The highest BCUT2D eigenvalue weighted by atomic mass is 35.5. The van der Waals surface area contributed by atoms with Crippen LogP contribution in [0, 0.1) is 0 Å². The highest BCUT2D eigenvalue weighted by Crippen LogP contribution is 2.49. The Labute approximate surface area is 326 Å². The van der Waals surface area contributed by atoms with Crippen LogP contribution in [-0.2, 0) is 28.7 Å². The van der Waals surface area contributed by atoms with E-state index in [4.69, 9.17) is 65.7 Å². The van der Waals surface area contributed by atoms with E-state index < -0.39 is 66.2 Å². The molecular weight excluding hydrogens is 790 g/mol. The number of Topliss-reactive ketones (excluding diaryl/α,β-unsaturated/α-hetero) is 3. The van der Waals surface area contributed by atoms with Gasteiger partial charge in [0.05, 0.1) is 36.7 Å². The summed E-state index contributed by atoms with van der Waals surface area (Å²) in [7, 11) is 0. The first-order valence-corrected chi connectivity index (χ1v) is 17.4. The SMILES string of the molecule is C=Cc1ccc(OCC(CC(=O)CCC(=O)Nc2ccc3cc(O)c(C4C(=O)c5c(Cl)c(Cl)c(Cl)c(Cl)c5C4=O)nc3c2)OC(=O)COCC(=O)O)cc1. The van der Waals surface area contributed by atoms with Gasteiger partial charge in [-0.15, -0.1) is 0 Å². The van der Waals surface area contributed by atoms with Crippen molar-refractivity contribution in [3.63, 3.8) is 0 Å². The molecule has 3 aromatic carbocycles. The third-order valence-electron chi connectivity index (χ3n) is 8.05. The third kappa shape index (κ3) is 9.17. The van der Waals surface area contributed by atoms with Crippen molar-refractivity contribution >= 4 is 104 Å². The summed E-state index contributed by atoms with van der Waals surface area (Å²) in [6.45, 7) is 2.08. The number of benzene rings is 3. The van der Waals surface area contributed by atoms with Gasteiger partial charge in [0.2, 0.25) is 5.91 Å². The van der Waals surface area contributed by atoms with Crippen molar-refractivity contribution in [1.29, 1.82) is 0 Å². The van der Waals surface area contributed by atoms with Gasteiger partial charge in [0, 0.05) is 30.3 Å². The number of fused-ring (bicyclic) bond motifs is 2. The normalized spacial score (nSPS) is 13.0. The van der Waals surface area contributed by atoms with Gasteiger partial charge in [-0.25, -0.2) is 14.6 Å². The van der Waals surface area contributed by atoms with Crippen LogP contribution < -0.4 is 10.1 Å².